The summed E-state index contributed by atoms with van der Waals surface area (Å²) in [5.74, 6) is 1.60. The zero-order valence-electron chi connectivity index (χ0n) is 8.88. The van der Waals surface area contributed by atoms with Gasteiger partial charge in [0.1, 0.15) is 5.78 Å². The average molecular weight is 190 g/mol. The van der Waals surface area contributed by atoms with Gasteiger partial charge in [0.25, 0.3) is 0 Å². The van der Waals surface area contributed by atoms with Gasteiger partial charge in [0.05, 0.1) is 0 Å². The molecule has 0 aromatic rings. The number of rotatable bonds is 0. The van der Waals surface area contributed by atoms with Crippen LogP contribution < -0.4 is 0 Å². The Labute approximate surface area is 85.6 Å². The summed E-state index contributed by atoms with van der Waals surface area (Å²) in [6.07, 6.45) is 9.53. The number of carbonyl (C=O) groups excluding carboxylic acids is 1. The van der Waals surface area contributed by atoms with Crippen molar-refractivity contribution in [1.29, 1.82) is 0 Å². The van der Waals surface area contributed by atoms with E-state index in [2.05, 4.69) is 13.0 Å². The summed E-state index contributed by atoms with van der Waals surface area (Å²) < 4.78 is 0. The van der Waals surface area contributed by atoms with Crippen LogP contribution in [0.2, 0.25) is 0 Å². The molecule has 3 aliphatic carbocycles. The molecule has 0 aromatic heterocycles. The van der Waals surface area contributed by atoms with E-state index in [1.54, 1.807) is 0 Å². The van der Waals surface area contributed by atoms with Crippen molar-refractivity contribution in [1.82, 2.24) is 0 Å². The number of allylic oxidation sites excluding steroid dienone is 2. The van der Waals surface area contributed by atoms with Crippen molar-refractivity contribution >= 4 is 5.78 Å². The first-order valence-electron chi connectivity index (χ1n) is 5.94. The smallest absolute Gasteiger partial charge is 0.143 e. The lowest BCUT2D eigenvalue weighted by molar-refractivity contribution is -0.129. The molecule has 0 saturated heterocycles. The predicted octanol–water partition coefficient (Wildman–Crippen LogP) is 3.10. The van der Waals surface area contributed by atoms with Crippen molar-refractivity contribution in [2.75, 3.05) is 0 Å². The fraction of sp³-hybridized carbons (Fsp3) is 0.769. The first-order chi connectivity index (χ1) is 6.72. The highest BCUT2D eigenvalue weighted by molar-refractivity contribution is 5.90. The van der Waals surface area contributed by atoms with E-state index in [0.717, 1.165) is 6.42 Å². The van der Waals surface area contributed by atoms with E-state index in [4.69, 9.17) is 0 Å². The van der Waals surface area contributed by atoms with E-state index in [1.165, 1.54) is 37.7 Å². The minimum absolute atomic E-state index is 0.114. The molecule has 1 nitrogen and oxygen atoms in total. The predicted molar refractivity (Wildman–Crippen MR) is 55.9 cm³/mol. The number of ketones is 1. The Kier molecular flexibility index (Phi) is 1.68. The lowest BCUT2D eigenvalue weighted by Crippen LogP contribution is -2.30. The summed E-state index contributed by atoms with van der Waals surface area (Å²) in [6, 6.07) is 0. The molecule has 0 aliphatic heterocycles. The van der Waals surface area contributed by atoms with E-state index < -0.39 is 0 Å². The summed E-state index contributed by atoms with van der Waals surface area (Å²) in [4.78, 5) is 12.3. The Morgan fingerprint density at radius 1 is 1.36 bits per heavy atom. The van der Waals surface area contributed by atoms with Gasteiger partial charge in [-0.1, -0.05) is 18.1 Å². The quantitative estimate of drug-likeness (QED) is 0.536. The van der Waals surface area contributed by atoms with Crippen LogP contribution >= 0.6 is 0 Å². The first-order valence-corrected chi connectivity index (χ1v) is 5.94. The Bertz CT molecular complexity index is 315. The van der Waals surface area contributed by atoms with E-state index in [-0.39, 0.29) is 5.41 Å². The van der Waals surface area contributed by atoms with Gasteiger partial charge in [-0.2, -0.15) is 0 Å². The van der Waals surface area contributed by atoms with Gasteiger partial charge < -0.3 is 0 Å². The van der Waals surface area contributed by atoms with Crippen LogP contribution in [0.4, 0.5) is 0 Å². The fourth-order valence-electron chi connectivity index (χ4n) is 4.05. The number of fused-ring (bicyclic) bond motifs is 1. The molecule has 1 heteroatoms. The normalized spacial score (nSPS) is 46.1. The van der Waals surface area contributed by atoms with E-state index in [1.807, 2.05) is 0 Å². The maximum absolute atomic E-state index is 12.3. The molecule has 3 aliphatic rings. The highest BCUT2D eigenvalue weighted by Crippen LogP contribution is 2.57. The van der Waals surface area contributed by atoms with Crippen LogP contribution in [0.5, 0.6) is 0 Å². The third-order valence-electron chi connectivity index (χ3n) is 4.70. The third-order valence-corrected chi connectivity index (χ3v) is 4.70. The van der Waals surface area contributed by atoms with Crippen molar-refractivity contribution < 1.29 is 4.79 Å². The molecule has 2 fully saturated rings. The molecule has 2 bridgehead atoms. The summed E-state index contributed by atoms with van der Waals surface area (Å²) in [5, 5.41) is 0. The van der Waals surface area contributed by atoms with E-state index in [0.29, 0.717) is 17.6 Å². The van der Waals surface area contributed by atoms with Crippen LogP contribution in [0.3, 0.4) is 0 Å². The maximum atomic E-state index is 12.3. The third kappa shape index (κ3) is 0.933. The van der Waals surface area contributed by atoms with Gasteiger partial charge in [-0.25, -0.2) is 0 Å². The second kappa shape index (κ2) is 2.71. The zero-order valence-corrected chi connectivity index (χ0v) is 8.88. The fourth-order valence-corrected chi connectivity index (χ4v) is 4.05. The van der Waals surface area contributed by atoms with Gasteiger partial charge in [-0.05, 0) is 44.9 Å². The highest BCUT2D eigenvalue weighted by Gasteiger charge is 2.54. The molecule has 0 aromatic carbocycles. The summed E-state index contributed by atoms with van der Waals surface area (Å²) >= 11 is 0. The average Bonchev–Trinajstić information content (AvgIpc) is 2.62. The van der Waals surface area contributed by atoms with Crippen molar-refractivity contribution in [3.05, 3.63) is 11.6 Å². The second-order valence-electron chi connectivity index (χ2n) is 5.47. The monoisotopic (exact) mass is 190 g/mol. The number of hydrogen-bond acceptors (Lipinski definition) is 1. The van der Waals surface area contributed by atoms with E-state index in [9.17, 15) is 4.79 Å². The summed E-state index contributed by atoms with van der Waals surface area (Å²) in [7, 11) is 0. The molecule has 3 rings (SSSR count). The molecule has 2 saturated carbocycles. The van der Waals surface area contributed by atoms with Crippen LogP contribution in [0.1, 0.15) is 45.4 Å². The minimum Gasteiger partial charge on any atom is -0.299 e. The molecule has 1 spiro atoms. The van der Waals surface area contributed by atoms with Crippen LogP contribution in [0.25, 0.3) is 0 Å². The van der Waals surface area contributed by atoms with Gasteiger partial charge in [0.15, 0.2) is 0 Å². The van der Waals surface area contributed by atoms with Crippen LogP contribution in [0.15, 0.2) is 11.6 Å². The molecule has 0 unspecified atom stereocenters. The molecule has 0 amide bonds. The Morgan fingerprint density at radius 2 is 2.21 bits per heavy atom. The second-order valence-corrected chi connectivity index (χ2v) is 5.47. The Balaban J connectivity index is 2.09. The Morgan fingerprint density at radius 3 is 3.07 bits per heavy atom. The van der Waals surface area contributed by atoms with Gasteiger partial charge in [0, 0.05) is 11.3 Å². The van der Waals surface area contributed by atoms with Gasteiger partial charge in [-0.3, -0.25) is 4.79 Å². The minimum atomic E-state index is 0.114. The Hall–Kier alpha value is -0.590. The van der Waals surface area contributed by atoms with Gasteiger partial charge >= 0.3 is 0 Å². The van der Waals surface area contributed by atoms with Crippen molar-refractivity contribution in [3.63, 3.8) is 0 Å². The lowest BCUT2D eigenvalue weighted by atomic mass is 9.75. The highest BCUT2D eigenvalue weighted by atomic mass is 16.1. The summed E-state index contributed by atoms with van der Waals surface area (Å²) in [5.41, 5.74) is 1.58. The number of hydrogen-bond donors (Lipinski definition) is 0. The van der Waals surface area contributed by atoms with E-state index >= 15 is 0 Å². The van der Waals surface area contributed by atoms with Crippen molar-refractivity contribution in [2.45, 2.75) is 45.4 Å². The lowest BCUT2D eigenvalue weighted by Gasteiger charge is -2.26. The summed E-state index contributed by atoms with van der Waals surface area (Å²) in [6.45, 7) is 2.21. The molecule has 3 atom stereocenters. The van der Waals surface area contributed by atoms with Crippen LogP contribution in [0, 0.1) is 17.3 Å². The SMILES string of the molecule is CC1=C[C@H]2CCC[C@@]23CC[C@@H](C1)C3=O. The molecule has 0 heterocycles. The molecule has 76 valence electrons. The molecular formula is C13H18O. The van der Waals surface area contributed by atoms with Gasteiger partial charge in [0.2, 0.25) is 0 Å². The number of carbonyl (C=O) groups is 1. The molecule has 0 N–H and O–H groups in total. The van der Waals surface area contributed by atoms with Gasteiger partial charge in [-0.15, -0.1) is 0 Å². The maximum Gasteiger partial charge on any atom is 0.143 e. The van der Waals surface area contributed by atoms with Crippen LogP contribution in [-0.4, -0.2) is 5.78 Å². The standard InChI is InChI=1S/C13H18O/c1-9-7-10-4-6-13(12(10)14)5-2-3-11(13)8-9/h8,10-11H,2-7H2,1H3/t10-,11+,13+/m0/s1. The first kappa shape index (κ1) is 8.70. The topological polar surface area (TPSA) is 17.1 Å². The van der Waals surface area contributed by atoms with Crippen molar-refractivity contribution in [3.8, 4) is 0 Å². The molecule has 0 radical (unpaired) electrons. The zero-order chi connectivity index (χ0) is 9.76. The number of Topliss-reactive ketones (excluding diaryl/α,β-unsaturated/α-hetero) is 1. The van der Waals surface area contributed by atoms with Crippen molar-refractivity contribution in [2.24, 2.45) is 17.3 Å². The molecule has 14 heavy (non-hydrogen) atoms. The molecular weight excluding hydrogens is 172 g/mol. The van der Waals surface area contributed by atoms with Crippen LogP contribution in [-0.2, 0) is 4.79 Å². The largest absolute Gasteiger partial charge is 0.299 e.